The first-order valence-corrected chi connectivity index (χ1v) is 17.8. The summed E-state index contributed by atoms with van der Waals surface area (Å²) in [5, 5.41) is 14.9. The number of nitrogens with zero attached hydrogens (tertiary/aromatic N) is 3. The van der Waals surface area contributed by atoms with Crippen molar-refractivity contribution in [3.05, 3.63) is 118 Å². The molecule has 13 heteroatoms. The molecule has 0 bridgehead atoms. The molecule has 2 fully saturated rings. The third-order valence-corrected chi connectivity index (χ3v) is 10.4. The lowest BCUT2D eigenvalue weighted by Gasteiger charge is -2.36. The Balaban J connectivity index is 1.06. The lowest BCUT2D eigenvalue weighted by Crippen LogP contribution is -2.46. The number of hydrogen-bond acceptors (Lipinski definition) is 10. The molecule has 0 spiro atoms. The third-order valence-electron chi connectivity index (χ3n) is 8.69. The molecule has 4 aromatic rings. The van der Waals surface area contributed by atoms with E-state index in [2.05, 4.69) is 76.3 Å². The Morgan fingerprint density at radius 3 is 2.35 bits per heavy atom. The first kappa shape index (κ1) is 33.5. The molecule has 2 atom stereocenters. The second-order valence-corrected chi connectivity index (χ2v) is 14.2. The van der Waals surface area contributed by atoms with Gasteiger partial charge in [0.25, 0.3) is 21.6 Å². The van der Waals surface area contributed by atoms with Gasteiger partial charge in [-0.15, -0.1) is 12.6 Å². The van der Waals surface area contributed by atoms with Gasteiger partial charge in [0.2, 0.25) is 0 Å². The molecular formula is C35H37N5O6S2. The lowest BCUT2D eigenvalue weighted by molar-refractivity contribution is -0.384. The first-order valence-electron chi connectivity index (χ1n) is 15.8. The number of rotatable bonds is 10. The first-order chi connectivity index (χ1) is 23.2. The van der Waals surface area contributed by atoms with Crippen molar-refractivity contribution in [3.8, 4) is 11.1 Å². The Morgan fingerprint density at radius 1 is 0.938 bits per heavy atom. The van der Waals surface area contributed by atoms with Crippen LogP contribution >= 0.6 is 12.6 Å². The minimum Gasteiger partial charge on any atom is -0.377 e. The van der Waals surface area contributed by atoms with E-state index in [1.807, 2.05) is 10.8 Å². The van der Waals surface area contributed by atoms with E-state index in [4.69, 9.17) is 4.74 Å². The van der Waals surface area contributed by atoms with Gasteiger partial charge in [-0.3, -0.25) is 19.8 Å². The van der Waals surface area contributed by atoms with Crippen molar-refractivity contribution in [1.82, 2.24) is 9.62 Å². The summed E-state index contributed by atoms with van der Waals surface area (Å²) in [4.78, 5) is 28.4. The van der Waals surface area contributed by atoms with Crippen LogP contribution in [0.1, 0.15) is 28.8 Å². The van der Waals surface area contributed by atoms with Crippen molar-refractivity contribution in [1.29, 1.82) is 0 Å². The van der Waals surface area contributed by atoms with Gasteiger partial charge >= 0.3 is 0 Å². The monoisotopic (exact) mass is 687 g/mol. The van der Waals surface area contributed by atoms with E-state index in [-0.39, 0.29) is 27.6 Å². The summed E-state index contributed by atoms with van der Waals surface area (Å²) >= 11 is 4.31. The molecule has 2 saturated heterocycles. The number of carbonyl (C=O) groups is 1. The average Bonchev–Trinajstić information content (AvgIpc) is 3.09. The molecule has 0 saturated carbocycles. The fourth-order valence-electron chi connectivity index (χ4n) is 6.10. The van der Waals surface area contributed by atoms with E-state index >= 15 is 0 Å². The van der Waals surface area contributed by atoms with Crippen LogP contribution in [0.4, 0.5) is 17.1 Å². The van der Waals surface area contributed by atoms with E-state index in [9.17, 15) is 23.3 Å². The molecule has 6 rings (SSSR count). The average molecular weight is 688 g/mol. The highest BCUT2D eigenvalue weighted by Gasteiger charge is 2.27. The molecule has 2 unspecified atom stereocenters. The smallest absolute Gasteiger partial charge is 0.293 e. The van der Waals surface area contributed by atoms with Crippen molar-refractivity contribution < 1.29 is 22.9 Å². The van der Waals surface area contributed by atoms with Gasteiger partial charge in [0.05, 0.1) is 16.4 Å². The summed E-state index contributed by atoms with van der Waals surface area (Å²) in [5.74, 6) is -0.824. The van der Waals surface area contributed by atoms with Gasteiger partial charge in [-0.2, -0.15) is 0 Å². The van der Waals surface area contributed by atoms with Gasteiger partial charge < -0.3 is 15.0 Å². The van der Waals surface area contributed by atoms with E-state index < -0.39 is 26.5 Å². The number of nitrogens with one attached hydrogen (secondary N) is 2. The van der Waals surface area contributed by atoms with Crippen LogP contribution in [0.2, 0.25) is 0 Å². The minimum atomic E-state index is -4.39. The maximum Gasteiger partial charge on any atom is 0.293 e. The number of benzene rings is 4. The minimum absolute atomic E-state index is 0.114. The summed E-state index contributed by atoms with van der Waals surface area (Å²) in [6.45, 7) is 4.66. The summed E-state index contributed by atoms with van der Waals surface area (Å²) in [6.07, 6.45) is 1.17. The highest BCUT2D eigenvalue weighted by molar-refractivity contribution is 7.90. The van der Waals surface area contributed by atoms with Crippen molar-refractivity contribution in [2.45, 2.75) is 35.8 Å². The van der Waals surface area contributed by atoms with Crippen molar-refractivity contribution in [2.24, 2.45) is 0 Å². The number of sulfonamides is 1. The van der Waals surface area contributed by atoms with Crippen LogP contribution in [0, 0.1) is 10.1 Å². The zero-order chi connectivity index (χ0) is 33.7. The quantitative estimate of drug-likeness (QED) is 0.112. The molecule has 2 heterocycles. The van der Waals surface area contributed by atoms with Gasteiger partial charge in [0.1, 0.15) is 11.1 Å². The van der Waals surface area contributed by atoms with Crippen LogP contribution in [0.25, 0.3) is 11.1 Å². The molecule has 0 aromatic heterocycles. The van der Waals surface area contributed by atoms with Gasteiger partial charge in [0.15, 0.2) is 0 Å². The Bertz CT molecular complexity index is 1870. The zero-order valence-corrected chi connectivity index (χ0v) is 27.9. The highest BCUT2D eigenvalue weighted by Crippen LogP contribution is 2.31. The number of hydrogen-bond donors (Lipinski definition) is 3. The molecule has 0 radical (unpaired) electrons. The molecule has 4 aromatic carbocycles. The Kier molecular flexibility index (Phi) is 10.3. The number of amides is 1. The Labute approximate surface area is 285 Å². The Morgan fingerprint density at radius 2 is 1.65 bits per heavy atom. The lowest BCUT2D eigenvalue weighted by atomic mass is 9.99. The molecule has 2 aliphatic rings. The standard InChI is InChI=1S/C35H37N5O6S2/c41-35(37-48(44,45)30-14-15-32(33(23-30)40(42)43)36-28-16-21-46-34(47)22-28)26-10-12-29(13-11-26)39-19-17-38(18-20-39)24-27-8-4-5-9-31(27)25-6-2-1-3-7-25/h1-15,23,28,34,36,47H,16-22,24H2,(H,37,41). The second kappa shape index (κ2) is 14.8. The summed E-state index contributed by atoms with van der Waals surface area (Å²) in [7, 11) is -4.39. The largest absolute Gasteiger partial charge is 0.377 e. The number of ether oxygens (including phenoxy) is 1. The molecular weight excluding hydrogens is 651 g/mol. The molecule has 2 N–H and O–H groups in total. The SMILES string of the molecule is O=C(NS(=O)(=O)c1ccc(NC2CCOC(S)C2)c([N+](=O)[O-])c1)c1ccc(N2CCN(Cc3ccccc3-c3ccccc3)CC2)cc1. The van der Waals surface area contributed by atoms with E-state index in [0.717, 1.165) is 44.5 Å². The topological polar surface area (TPSA) is 134 Å². The molecule has 0 aliphatic carbocycles. The fraction of sp³-hybridized carbons (Fsp3) is 0.286. The molecule has 48 heavy (non-hydrogen) atoms. The van der Waals surface area contributed by atoms with Crippen molar-refractivity contribution in [2.75, 3.05) is 43.0 Å². The van der Waals surface area contributed by atoms with E-state index in [1.54, 1.807) is 24.3 Å². The van der Waals surface area contributed by atoms with Crippen LogP contribution in [0.5, 0.6) is 0 Å². The maximum absolute atomic E-state index is 13.1. The number of anilines is 2. The van der Waals surface area contributed by atoms with Crippen LogP contribution < -0.4 is 14.9 Å². The summed E-state index contributed by atoms with van der Waals surface area (Å²) in [6, 6.07) is 29.1. The van der Waals surface area contributed by atoms with Crippen molar-refractivity contribution >= 4 is 45.6 Å². The van der Waals surface area contributed by atoms with Gasteiger partial charge in [-0.1, -0.05) is 54.6 Å². The van der Waals surface area contributed by atoms with Crippen LogP contribution in [0.15, 0.2) is 102 Å². The number of nitro benzene ring substituents is 1. The number of thiol groups is 1. The number of nitro groups is 1. The predicted molar refractivity (Wildman–Crippen MR) is 189 cm³/mol. The number of carbonyl (C=O) groups excluding carboxylic acids is 1. The van der Waals surface area contributed by atoms with E-state index in [1.165, 1.54) is 28.8 Å². The molecule has 2 aliphatic heterocycles. The maximum atomic E-state index is 13.1. The molecule has 250 valence electrons. The Hall–Kier alpha value is -4.43. The molecule has 1 amide bonds. The fourth-order valence-corrected chi connectivity index (χ4v) is 7.46. The highest BCUT2D eigenvalue weighted by atomic mass is 32.2. The second-order valence-electron chi connectivity index (χ2n) is 11.9. The summed E-state index contributed by atoms with van der Waals surface area (Å²) in [5.41, 5.74) is 4.31. The normalized spacial score (nSPS) is 18.6. The predicted octanol–water partition coefficient (Wildman–Crippen LogP) is 5.55. The van der Waals surface area contributed by atoms with Crippen LogP contribution in [-0.2, 0) is 21.3 Å². The van der Waals surface area contributed by atoms with Crippen molar-refractivity contribution in [3.63, 3.8) is 0 Å². The summed E-state index contributed by atoms with van der Waals surface area (Å²) < 4.78 is 33.6. The van der Waals surface area contributed by atoms with Crippen LogP contribution in [-0.4, -0.2) is 68.4 Å². The van der Waals surface area contributed by atoms with Gasteiger partial charge in [-0.25, -0.2) is 13.1 Å². The van der Waals surface area contributed by atoms with E-state index in [0.29, 0.717) is 19.4 Å². The third kappa shape index (κ3) is 7.98. The van der Waals surface area contributed by atoms with Crippen LogP contribution in [0.3, 0.4) is 0 Å². The zero-order valence-electron chi connectivity index (χ0n) is 26.2. The molecule has 11 nitrogen and oxygen atoms in total. The van der Waals surface area contributed by atoms with Gasteiger partial charge in [0, 0.05) is 62.5 Å². The van der Waals surface area contributed by atoms with Gasteiger partial charge in [-0.05, 0) is 59.5 Å². The number of piperazine rings is 1.